The van der Waals surface area contributed by atoms with Crippen molar-refractivity contribution in [3.05, 3.63) is 81.6 Å². The van der Waals surface area contributed by atoms with Gasteiger partial charge in [0.1, 0.15) is 5.82 Å². The third-order valence-electron chi connectivity index (χ3n) is 5.57. The Morgan fingerprint density at radius 1 is 1.09 bits per heavy atom. The summed E-state index contributed by atoms with van der Waals surface area (Å²) < 4.78 is 14.2. The lowest BCUT2D eigenvalue weighted by Crippen LogP contribution is -2.36. The molecule has 4 N–H and O–H groups in total. The van der Waals surface area contributed by atoms with Crippen LogP contribution in [0, 0.1) is 11.2 Å². The van der Waals surface area contributed by atoms with E-state index in [1.54, 1.807) is 36.4 Å². The van der Waals surface area contributed by atoms with Gasteiger partial charge in [0, 0.05) is 41.8 Å². The van der Waals surface area contributed by atoms with Crippen molar-refractivity contribution < 1.29 is 19.1 Å². The summed E-state index contributed by atoms with van der Waals surface area (Å²) >= 11 is 12.4. The van der Waals surface area contributed by atoms with Gasteiger partial charge in [-0.2, -0.15) is 0 Å². The number of carbonyl (C=O) groups is 2. The van der Waals surface area contributed by atoms with Crippen LogP contribution < -0.4 is 16.0 Å². The highest BCUT2D eigenvalue weighted by molar-refractivity contribution is 6.34. The molecule has 184 valence electrons. The Labute approximate surface area is 213 Å². The first-order chi connectivity index (χ1) is 16.4. The van der Waals surface area contributed by atoms with E-state index in [1.165, 1.54) is 24.1 Å². The molecule has 0 bridgehead atoms. The van der Waals surface area contributed by atoms with Crippen LogP contribution in [0.25, 0.3) is 11.1 Å². The van der Waals surface area contributed by atoms with Crippen molar-refractivity contribution in [3.63, 3.8) is 0 Å². The van der Waals surface area contributed by atoms with Gasteiger partial charge in [0.05, 0.1) is 22.0 Å². The van der Waals surface area contributed by atoms with Gasteiger partial charge >= 0.3 is 0 Å². The highest BCUT2D eigenvalue weighted by Gasteiger charge is 2.23. The van der Waals surface area contributed by atoms with Crippen LogP contribution in [0.3, 0.4) is 0 Å². The molecule has 9 heteroatoms. The van der Waals surface area contributed by atoms with Gasteiger partial charge < -0.3 is 21.1 Å². The topological polar surface area (TPSA) is 95.7 Å². The summed E-state index contributed by atoms with van der Waals surface area (Å²) in [6.45, 7) is 3.92. The fourth-order valence-electron chi connectivity index (χ4n) is 3.37. The van der Waals surface area contributed by atoms with E-state index in [4.69, 9.17) is 28.9 Å². The van der Waals surface area contributed by atoms with E-state index >= 15 is 0 Å². The van der Waals surface area contributed by atoms with Crippen LogP contribution in [-0.2, 0) is 0 Å². The number of nitrogens with two attached hydrogens (primary N) is 1. The first-order valence-corrected chi connectivity index (χ1v) is 11.5. The molecule has 0 saturated carbocycles. The molecular formula is C26H26Cl2FN3O3. The molecule has 0 saturated heterocycles. The average Bonchev–Trinajstić information content (AvgIpc) is 2.82. The van der Waals surface area contributed by atoms with Crippen molar-refractivity contribution in [3.8, 4) is 11.1 Å². The number of rotatable bonds is 7. The lowest BCUT2D eigenvalue weighted by atomic mass is 9.95. The number of aliphatic hydroxyl groups excluding tert-OH is 1. The van der Waals surface area contributed by atoms with Crippen molar-refractivity contribution in [2.24, 2.45) is 5.41 Å². The van der Waals surface area contributed by atoms with Crippen molar-refractivity contribution in [2.45, 2.75) is 13.8 Å². The second-order valence-corrected chi connectivity index (χ2v) is 9.75. The molecule has 0 atom stereocenters. The van der Waals surface area contributed by atoms with Crippen LogP contribution >= 0.6 is 23.2 Å². The fraction of sp³-hybridized carbons (Fsp3) is 0.231. The minimum Gasteiger partial charge on any atom is -0.397 e. The third-order valence-corrected chi connectivity index (χ3v) is 6.21. The Morgan fingerprint density at radius 2 is 1.80 bits per heavy atom. The van der Waals surface area contributed by atoms with Gasteiger partial charge in [0.15, 0.2) is 0 Å². The summed E-state index contributed by atoms with van der Waals surface area (Å²) in [4.78, 5) is 26.7. The average molecular weight is 518 g/mol. The zero-order chi connectivity index (χ0) is 25.9. The van der Waals surface area contributed by atoms with Gasteiger partial charge in [-0.15, -0.1) is 0 Å². The molecule has 0 fully saturated rings. The fourth-order valence-corrected chi connectivity index (χ4v) is 3.84. The largest absolute Gasteiger partial charge is 0.397 e. The van der Waals surface area contributed by atoms with Crippen LogP contribution in [0.4, 0.5) is 15.8 Å². The number of nitrogen functional groups attached to an aromatic ring is 1. The maximum atomic E-state index is 14.2. The minimum atomic E-state index is -0.728. The molecular weight excluding hydrogens is 492 g/mol. The van der Waals surface area contributed by atoms with Crippen LogP contribution in [0.5, 0.6) is 0 Å². The Balaban J connectivity index is 1.88. The Morgan fingerprint density at radius 3 is 2.43 bits per heavy atom. The van der Waals surface area contributed by atoms with Gasteiger partial charge in [-0.25, -0.2) is 4.39 Å². The molecule has 0 radical (unpaired) electrons. The number of carbonyl (C=O) groups excluding carboxylic acids is 2. The number of benzene rings is 3. The first-order valence-electron chi connectivity index (χ1n) is 10.8. The van der Waals surface area contributed by atoms with Crippen LogP contribution in [-0.4, -0.2) is 37.1 Å². The summed E-state index contributed by atoms with van der Waals surface area (Å²) in [6, 6.07) is 13.8. The smallest absolute Gasteiger partial charge is 0.262 e. The Kier molecular flexibility index (Phi) is 8.05. The van der Waals surface area contributed by atoms with E-state index < -0.39 is 17.1 Å². The van der Waals surface area contributed by atoms with Crippen LogP contribution in [0.15, 0.2) is 54.6 Å². The van der Waals surface area contributed by atoms with Gasteiger partial charge in [-0.3, -0.25) is 9.59 Å². The highest BCUT2D eigenvalue weighted by Crippen LogP contribution is 2.34. The highest BCUT2D eigenvalue weighted by atomic mass is 35.5. The van der Waals surface area contributed by atoms with Gasteiger partial charge in [-0.05, 0) is 48.0 Å². The molecule has 0 unspecified atom stereocenters. The normalized spacial score (nSPS) is 11.3. The molecule has 0 aromatic heterocycles. The number of nitrogens with zero attached hydrogens (tertiary/aromatic N) is 1. The summed E-state index contributed by atoms with van der Waals surface area (Å²) in [7, 11) is 1.47. The Hall–Kier alpha value is -3.13. The summed E-state index contributed by atoms with van der Waals surface area (Å²) in [5.74, 6) is -1.68. The summed E-state index contributed by atoms with van der Waals surface area (Å²) in [5, 5.41) is 12.6. The van der Waals surface area contributed by atoms with Crippen molar-refractivity contribution >= 4 is 46.4 Å². The number of nitrogens with one attached hydrogen (secondary N) is 1. The minimum absolute atomic E-state index is 0.00120. The number of hydrogen-bond donors (Lipinski definition) is 3. The van der Waals surface area contributed by atoms with E-state index in [-0.39, 0.29) is 28.8 Å². The predicted molar refractivity (Wildman–Crippen MR) is 139 cm³/mol. The van der Waals surface area contributed by atoms with Crippen molar-refractivity contribution in [1.29, 1.82) is 0 Å². The molecule has 35 heavy (non-hydrogen) atoms. The Bertz CT molecular complexity index is 1260. The molecule has 0 spiro atoms. The molecule has 0 aliphatic heterocycles. The molecule has 3 rings (SSSR count). The third kappa shape index (κ3) is 5.93. The number of hydrogen-bond acceptors (Lipinski definition) is 4. The van der Waals surface area contributed by atoms with E-state index in [0.29, 0.717) is 33.9 Å². The number of halogens is 3. The number of aliphatic hydroxyl groups is 1. The van der Waals surface area contributed by atoms with E-state index in [2.05, 4.69) is 5.32 Å². The van der Waals surface area contributed by atoms with E-state index in [1.807, 2.05) is 13.8 Å². The standard InChI is InChI=1S/C26H26Cl2FN3O3/c1-26(2,14-33)13-31-24(34)16-7-9-18(27)17(11-16)15-8-10-22(21(30)12-15)32(3)25(35)23-19(28)5-4-6-20(23)29/h4-12,33H,13-14,30H2,1-3H3,(H,31,34). The lowest BCUT2D eigenvalue weighted by molar-refractivity contribution is 0.0910. The van der Waals surface area contributed by atoms with Crippen molar-refractivity contribution in [2.75, 3.05) is 30.8 Å². The molecule has 0 aliphatic carbocycles. The summed E-state index contributed by atoms with van der Waals surface area (Å²) in [5.41, 5.74) is 7.75. The van der Waals surface area contributed by atoms with Gasteiger partial charge in [0.25, 0.3) is 11.8 Å². The molecule has 0 aliphatic rings. The zero-order valence-corrected chi connectivity index (χ0v) is 21.0. The maximum absolute atomic E-state index is 14.2. The van der Waals surface area contributed by atoms with E-state index in [9.17, 15) is 19.1 Å². The van der Waals surface area contributed by atoms with E-state index in [0.717, 1.165) is 6.07 Å². The lowest BCUT2D eigenvalue weighted by Gasteiger charge is -2.22. The SMILES string of the molecule is CN(C(=O)c1c(F)cccc1Cl)c1ccc(-c2cc(C(=O)NCC(C)(C)CO)ccc2Cl)cc1N. The van der Waals surface area contributed by atoms with Crippen LogP contribution in [0.1, 0.15) is 34.6 Å². The predicted octanol–water partition coefficient (Wildman–Crippen LogP) is 5.41. The monoisotopic (exact) mass is 517 g/mol. The second kappa shape index (κ2) is 10.6. The molecule has 0 heterocycles. The molecule has 3 aromatic carbocycles. The first kappa shape index (κ1) is 26.5. The van der Waals surface area contributed by atoms with Gasteiger partial charge in [0.2, 0.25) is 0 Å². The maximum Gasteiger partial charge on any atom is 0.262 e. The quantitative estimate of drug-likeness (QED) is 0.365. The molecule has 2 amide bonds. The number of amides is 2. The molecule has 6 nitrogen and oxygen atoms in total. The second-order valence-electron chi connectivity index (χ2n) is 8.93. The summed E-state index contributed by atoms with van der Waals surface area (Å²) in [6.07, 6.45) is 0. The van der Waals surface area contributed by atoms with Gasteiger partial charge in [-0.1, -0.05) is 49.2 Å². The molecule has 3 aromatic rings. The zero-order valence-electron chi connectivity index (χ0n) is 19.5. The van der Waals surface area contributed by atoms with Crippen LogP contribution in [0.2, 0.25) is 10.0 Å². The number of anilines is 2. The van der Waals surface area contributed by atoms with Crippen molar-refractivity contribution in [1.82, 2.24) is 5.32 Å².